The van der Waals surface area contributed by atoms with Gasteiger partial charge in [-0.1, -0.05) is 58.7 Å². The van der Waals surface area contributed by atoms with Crippen LogP contribution in [0.25, 0.3) is 0 Å². The molecule has 0 N–H and O–H groups in total. The van der Waals surface area contributed by atoms with Gasteiger partial charge in [0, 0.05) is 32.1 Å². The van der Waals surface area contributed by atoms with Crippen molar-refractivity contribution < 1.29 is 55.0 Å². The first-order chi connectivity index (χ1) is 25.8. The highest BCUT2D eigenvalue weighted by Gasteiger charge is 2.68. The van der Waals surface area contributed by atoms with Gasteiger partial charge >= 0.3 is 23.9 Å². The Morgan fingerprint density at radius 1 is 0.691 bits per heavy atom. The fourth-order valence-corrected chi connectivity index (χ4v) is 9.27. The smallest absolute Gasteiger partial charge is 0.327 e. The minimum absolute atomic E-state index is 0.0111. The van der Waals surface area contributed by atoms with E-state index in [1.165, 1.54) is 24.3 Å². The molecule has 1 aliphatic heterocycles. The van der Waals surface area contributed by atoms with Crippen molar-refractivity contribution in [2.75, 3.05) is 47.5 Å². The van der Waals surface area contributed by atoms with Crippen LogP contribution in [0.5, 0.6) is 0 Å². The van der Waals surface area contributed by atoms with Crippen molar-refractivity contribution in [3.8, 4) is 0 Å². The maximum absolute atomic E-state index is 14.1. The summed E-state index contributed by atoms with van der Waals surface area (Å²) in [7, 11) is -5.38. The molecule has 0 aromatic heterocycles. The molecule has 1 heterocycles. The van der Waals surface area contributed by atoms with E-state index < -0.39 is 80.1 Å². The third kappa shape index (κ3) is 10.1. The number of hydrogen-bond donors (Lipinski definition) is 0. The van der Waals surface area contributed by atoms with Crippen molar-refractivity contribution in [2.24, 2.45) is 17.3 Å². The number of carbonyl (C=O) groups is 4. The van der Waals surface area contributed by atoms with Crippen LogP contribution in [-0.2, 0) is 58.2 Å². The summed E-state index contributed by atoms with van der Waals surface area (Å²) in [5, 5.41) is 0. The Morgan fingerprint density at radius 2 is 1.09 bits per heavy atom. The van der Waals surface area contributed by atoms with Crippen LogP contribution in [0, 0.1) is 31.1 Å². The third-order valence-electron chi connectivity index (χ3n) is 9.56. The number of benzene rings is 2. The van der Waals surface area contributed by atoms with Gasteiger partial charge in [-0.15, -0.1) is 0 Å². The lowest BCUT2D eigenvalue weighted by atomic mass is 9.61. The molecule has 0 aliphatic carbocycles. The normalized spacial score (nSPS) is 18.2. The van der Waals surface area contributed by atoms with E-state index in [2.05, 4.69) is 0 Å². The summed E-state index contributed by atoms with van der Waals surface area (Å²) < 4.78 is 79.3. The molecular weight excluding hydrogens is 753 g/mol. The summed E-state index contributed by atoms with van der Waals surface area (Å²) in [5.41, 5.74) is 0.708. The molecule has 3 rings (SSSR count). The van der Waals surface area contributed by atoms with Crippen LogP contribution in [0.3, 0.4) is 0 Å². The van der Waals surface area contributed by atoms with Crippen molar-refractivity contribution in [1.82, 2.24) is 8.61 Å². The van der Waals surface area contributed by atoms with Gasteiger partial charge in [-0.05, 0) is 78.6 Å². The molecule has 1 aliphatic rings. The zero-order valence-corrected chi connectivity index (χ0v) is 34.5. The molecule has 2 aromatic rings. The first-order valence-corrected chi connectivity index (χ1v) is 20.5. The van der Waals surface area contributed by atoms with Gasteiger partial charge in [0.25, 0.3) is 0 Å². The lowest BCUT2D eigenvalue weighted by Crippen LogP contribution is -2.65. The topological polar surface area (TPSA) is 180 Å². The lowest BCUT2D eigenvalue weighted by molar-refractivity contribution is -0.212. The molecule has 55 heavy (non-hydrogen) atoms. The molecule has 3 atom stereocenters. The van der Waals surface area contributed by atoms with E-state index in [-0.39, 0.29) is 36.0 Å². The second-order valence-corrected chi connectivity index (χ2v) is 17.8. The monoisotopic (exact) mass is 804 g/mol. The van der Waals surface area contributed by atoms with Gasteiger partial charge in [-0.2, -0.15) is 8.61 Å². The fraction of sp³-hybridized carbons (Fsp3) is 0.487. The number of esters is 4. The van der Waals surface area contributed by atoms with Gasteiger partial charge in [0.05, 0.1) is 31.1 Å². The summed E-state index contributed by atoms with van der Waals surface area (Å²) >= 11 is 0. The summed E-state index contributed by atoms with van der Waals surface area (Å²) in [5.74, 6) is -8.29. The average Bonchev–Trinajstić information content (AvgIpc) is 3.13. The first kappa shape index (κ1) is 45.0. The SMILES string of the molecule is COC(=O)C1C(=O)OC(CCN(CC=C(C)C)S(=O)(=O)c2ccc(C)cc2)C(C(=O)OC)(C(=O)OC)C1CCN(CC=C(C)C)S(=O)(=O)c1ccc(C)cc1. The van der Waals surface area contributed by atoms with Crippen molar-refractivity contribution in [1.29, 1.82) is 0 Å². The highest BCUT2D eigenvalue weighted by molar-refractivity contribution is 7.89. The van der Waals surface area contributed by atoms with Crippen LogP contribution < -0.4 is 0 Å². The van der Waals surface area contributed by atoms with E-state index in [0.29, 0.717) is 0 Å². The molecule has 3 unspecified atom stereocenters. The van der Waals surface area contributed by atoms with Gasteiger partial charge in [0.1, 0.15) is 6.10 Å². The molecule has 14 nitrogen and oxygen atoms in total. The number of methoxy groups -OCH3 is 3. The van der Waals surface area contributed by atoms with E-state index in [1.807, 2.05) is 6.92 Å². The van der Waals surface area contributed by atoms with Crippen LogP contribution in [-0.4, -0.2) is 103 Å². The van der Waals surface area contributed by atoms with Crippen molar-refractivity contribution >= 4 is 43.9 Å². The van der Waals surface area contributed by atoms with Crippen molar-refractivity contribution in [3.05, 3.63) is 83.0 Å². The Balaban J connectivity index is 2.22. The average molecular weight is 805 g/mol. The molecule has 0 saturated carbocycles. The number of nitrogens with zero attached hydrogens (tertiary/aromatic N) is 2. The van der Waals surface area contributed by atoms with E-state index in [0.717, 1.165) is 52.2 Å². The summed E-state index contributed by atoms with van der Waals surface area (Å²) in [6.07, 6.45) is 0.766. The number of ether oxygens (including phenoxy) is 4. The maximum atomic E-state index is 14.1. The summed E-state index contributed by atoms with van der Waals surface area (Å²) in [6, 6.07) is 12.4. The Kier molecular flexibility index (Phi) is 15.5. The molecule has 0 bridgehead atoms. The summed E-state index contributed by atoms with van der Waals surface area (Å²) in [4.78, 5) is 55.5. The predicted molar refractivity (Wildman–Crippen MR) is 203 cm³/mol. The zero-order chi connectivity index (χ0) is 41.3. The van der Waals surface area contributed by atoms with Crippen LogP contribution >= 0.6 is 0 Å². The molecule has 0 radical (unpaired) electrons. The van der Waals surface area contributed by atoms with Crippen LogP contribution in [0.1, 0.15) is 51.7 Å². The molecule has 1 fully saturated rings. The standard InChI is InChI=1S/C39H52N2O12S2/c1-26(2)18-22-40(54(46,47)30-14-10-28(5)11-15-30)24-20-32-34(35(42)50-7)36(43)53-33(39(32,37(44)51-8)38(45)52-9)21-25-41(23-19-27(3)4)55(48,49)31-16-12-29(6)13-17-31/h10-19,32-34H,20-25H2,1-9H3. The van der Waals surface area contributed by atoms with Gasteiger partial charge < -0.3 is 18.9 Å². The first-order valence-electron chi connectivity index (χ1n) is 17.6. The Labute approximate surface area is 324 Å². The number of allylic oxidation sites excluding steroid dienone is 2. The van der Waals surface area contributed by atoms with Crippen LogP contribution in [0.15, 0.2) is 81.6 Å². The Hall–Kier alpha value is -4.38. The number of cyclic esters (lactones) is 1. The number of rotatable bonds is 17. The minimum Gasteiger partial charge on any atom is -0.468 e. The second-order valence-electron chi connectivity index (χ2n) is 13.9. The Bertz CT molecular complexity index is 1970. The molecule has 16 heteroatoms. The van der Waals surface area contributed by atoms with Gasteiger partial charge in [0.2, 0.25) is 25.5 Å². The number of sulfonamides is 2. The molecular formula is C39H52N2O12S2. The van der Waals surface area contributed by atoms with E-state index >= 15 is 0 Å². The third-order valence-corrected chi connectivity index (χ3v) is 13.3. The van der Waals surface area contributed by atoms with Crippen molar-refractivity contribution in [3.63, 3.8) is 0 Å². The minimum atomic E-state index is -4.21. The molecule has 2 aromatic carbocycles. The van der Waals surface area contributed by atoms with E-state index in [1.54, 1.807) is 71.0 Å². The number of hydrogen-bond acceptors (Lipinski definition) is 12. The van der Waals surface area contributed by atoms with Crippen LogP contribution in [0.4, 0.5) is 0 Å². The van der Waals surface area contributed by atoms with Gasteiger partial charge in [0.15, 0.2) is 5.92 Å². The molecule has 0 spiro atoms. The van der Waals surface area contributed by atoms with Gasteiger partial charge in [-0.25, -0.2) is 16.8 Å². The quantitative estimate of drug-likeness (QED) is 0.0956. The van der Waals surface area contributed by atoms with E-state index in [4.69, 9.17) is 18.9 Å². The maximum Gasteiger partial charge on any atom is 0.327 e. The Morgan fingerprint density at radius 3 is 1.45 bits per heavy atom. The molecule has 302 valence electrons. The largest absolute Gasteiger partial charge is 0.468 e. The highest BCUT2D eigenvalue weighted by atomic mass is 32.2. The molecule has 1 saturated heterocycles. The number of aryl methyl sites for hydroxylation is 2. The predicted octanol–water partition coefficient (Wildman–Crippen LogP) is 4.36. The molecule has 0 amide bonds. The van der Waals surface area contributed by atoms with E-state index in [9.17, 15) is 36.0 Å². The lowest BCUT2D eigenvalue weighted by Gasteiger charge is -2.47. The van der Waals surface area contributed by atoms with Gasteiger partial charge in [-0.3, -0.25) is 19.2 Å². The fourth-order valence-electron chi connectivity index (χ4n) is 6.48. The summed E-state index contributed by atoms with van der Waals surface area (Å²) in [6.45, 7) is 9.78. The number of carbonyl (C=O) groups excluding carboxylic acids is 4. The van der Waals surface area contributed by atoms with Crippen molar-refractivity contribution in [2.45, 2.75) is 70.3 Å². The highest BCUT2D eigenvalue weighted by Crippen LogP contribution is 2.49. The zero-order valence-electron chi connectivity index (χ0n) is 32.9. The van der Waals surface area contributed by atoms with Crippen LogP contribution in [0.2, 0.25) is 0 Å². The second kappa shape index (κ2) is 19.0.